The summed E-state index contributed by atoms with van der Waals surface area (Å²) >= 11 is 3.34. The van der Waals surface area contributed by atoms with Crippen molar-refractivity contribution in [3.8, 4) is 0 Å². The van der Waals surface area contributed by atoms with Crippen LogP contribution >= 0.6 is 15.9 Å². The summed E-state index contributed by atoms with van der Waals surface area (Å²) in [4.78, 5) is 11.7. The molecule has 1 rings (SSSR count). The molecule has 16 heavy (non-hydrogen) atoms. The number of halogens is 1. The van der Waals surface area contributed by atoms with E-state index in [4.69, 9.17) is 4.74 Å². The highest BCUT2D eigenvalue weighted by molar-refractivity contribution is 9.10. The predicted octanol–water partition coefficient (Wildman–Crippen LogP) is 3.84. The van der Waals surface area contributed by atoms with Crippen molar-refractivity contribution in [2.75, 3.05) is 13.2 Å². The molecule has 0 saturated heterocycles. The fourth-order valence-corrected chi connectivity index (χ4v) is 1.76. The third-order valence-electron chi connectivity index (χ3n) is 2.27. The van der Waals surface area contributed by atoms with Gasteiger partial charge in [-0.05, 0) is 18.6 Å². The molecule has 0 aromatic heterocycles. The maximum Gasteiger partial charge on any atom is 0.188 e. The Bertz CT molecular complexity index is 336. The van der Waals surface area contributed by atoms with Gasteiger partial charge in [-0.3, -0.25) is 4.79 Å². The number of carbonyl (C=O) groups is 1. The van der Waals surface area contributed by atoms with Gasteiger partial charge in [0.1, 0.15) is 6.61 Å². The largest absolute Gasteiger partial charge is 0.373 e. The summed E-state index contributed by atoms with van der Waals surface area (Å²) in [5.74, 6) is 0.0396. The molecular formula is C13H17BrO2. The van der Waals surface area contributed by atoms with Crippen LogP contribution in [0.25, 0.3) is 0 Å². The van der Waals surface area contributed by atoms with Gasteiger partial charge in [0.25, 0.3) is 0 Å². The molecule has 0 bridgehead atoms. The van der Waals surface area contributed by atoms with Crippen LogP contribution in [0.1, 0.15) is 36.5 Å². The zero-order valence-corrected chi connectivity index (χ0v) is 11.1. The first-order valence-corrected chi connectivity index (χ1v) is 6.40. The van der Waals surface area contributed by atoms with Gasteiger partial charge in [-0.15, -0.1) is 0 Å². The topological polar surface area (TPSA) is 26.3 Å². The molecule has 0 spiro atoms. The van der Waals surface area contributed by atoms with Crippen LogP contribution in [0.5, 0.6) is 0 Å². The minimum absolute atomic E-state index is 0.0396. The molecule has 3 heteroatoms. The van der Waals surface area contributed by atoms with Gasteiger partial charge in [0.2, 0.25) is 0 Å². The van der Waals surface area contributed by atoms with E-state index in [2.05, 4.69) is 22.9 Å². The van der Waals surface area contributed by atoms with Crippen LogP contribution in [-0.4, -0.2) is 19.0 Å². The summed E-state index contributed by atoms with van der Waals surface area (Å²) in [6.07, 6.45) is 3.36. The van der Waals surface area contributed by atoms with E-state index in [0.29, 0.717) is 12.2 Å². The summed E-state index contributed by atoms with van der Waals surface area (Å²) in [5.41, 5.74) is 0.699. The quantitative estimate of drug-likeness (QED) is 0.562. The smallest absolute Gasteiger partial charge is 0.188 e. The summed E-state index contributed by atoms with van der Waals surface area (Å²) in [6, 6.07) is 7.38. The fraction of sp³-hybridized carbons (Fsp3) is 0.462. The molecule has 0 amide bonds. The van der Waals surface area contributed by atoms with E-state index < -0.39 is 0 Å². The van der Waals surface area contributed by atoms with Crippen LogP contribution in [0.15, 0.2) is 28.7 Å². The third-order valence-corrected chi connectivity index (χ3v) is 2.77. The molecule has 0 atom stereocenters. The average molecular weight is 285 g/mol. The lowest BCUT2D eigenvalue weighted by atomic mass is 10.1. The van der Waals surface area contributed by atoms with Crippen LogP contribution in [0.3, 0.4) is 0 Å². The molecule has 1 aromatic carbocycles. The normalized spacial score (nSPS) is 10.4. The van der Waals surface area contributed by atoms with Crippen molar-refractivity contribution in [2.45, 2.75) is 26.2 Å². The van der Waals surface area contributed by atoms with E-state index in [-0.39, 0.29) is 12.4 Å². The van der Waals surface area contributed by atoms with Gasteiger partial charge < -0.3 is 4.74 Å². The van der Waals surface area contributed by atoms with Gasteiger partial charge in [0.15, 0.2) is 5.78 Å². The number of rotatable bonds is 7. The van der Waals surface area contributed by atoms with Crippen molar-refractivity contribution < 1.29 is 9.53 Å². The number of unbranched alkanes of at least 4 members (excludes halogenated alkanes) is 2. The Morgan fingerprint density at radius 1 is 1.38 bits per heavy atom. The second kappa shape index (κ2) is 7.58. The first-order valence-electron chi connectivity index (χ1n) is 5.60. The Hall–Kier alpha value is -0.670. The number of hydrogen-bond acceptors (Lipinski definition) is 2. The molecule has 0 saturated carbocycles. The van der Waals surface area contributed by atoms with E-state index in [9.17, 15) is 4.79 Å². The van der Waals surface area contributed by atoms with E-state index in [1.807, 2.05) is 24.3 Å². The minimum atomic E-state index is 0.0396. The van der Waals surface area contributed by atoms with Crippen molar-refractivity contribution >= 4 is 21.7 Å². The second-order valence-corrected chi connectivity index (χ2v) is 4.61. The maximum atomic E-state index is 11.7. The van der Waals surface area contributed by atoms with Gasteiger partial charge in [0.05, 0.1) is 0 Å². The fourth-order valence-electron chi connectivity index (χ4n) is 1.36. The Morgan fingerprint density at radius 3 is 2.88 bits per heavy atom. The second-order valence-electron chi connectivity index (χ2n) is 3.69. The van der Waals surface area contributed by atoms with Crippen molar-refractivity contribution in [3.63, 3.8) is 0 Å². The molecule has 0 aliphatic heterocycles. The number of ether oxygens (including phenoxy) is 1. The zero-order chi connectivity index (χ0) is 11.8. The highest BCUT2D eigenvalue weighted by Gasteiger charge is 2.05. The standard InChI is InChI=1S/C13H17BrO2/c1-2-3-4-8-16-10-13(15)11-6-5-7-12(14)9-11/h5-7,9H,2-4,8,10H2,1H3. The Labute approximate surface area is 105 Å². The number of carbonyl (C=O) groups excluding carboxylic acids is 1. The SMILES string of the molecule is CCCCCOCC(=O)c1cccc(Br)c1. The monoisotopic (exact) mass is 284 g/mol. The van der Waals surface area contributed by atoms with Crippen molar-refractivity contribution in [2.24, 2.45) is 0 Å². The molecule has 0 aliphatic carbocycles. The first kappa shape index (κ1) is 13.4. The summed E-state index contributed by atoms with van der Waals surface area (Å²) in [5, 5.41) is 0. The zero-order valence-electron chi connectivity index (χ0n) is 9.54. The number of ketones is 1. The highest BCUT2D eigenvalue weighted by atomic mass is 79.9. The van der Waals surface area contributed by atoms with Gasteiger partial charge in [-0.25, -0.2) is 0 Å². The van der Waals surface area contributed by atoms with Crippen molar-refractivity contribution in [1.29, 1.82) is 0 Å². The maximum absolute atomic E-state index is 11.7. The Kier molecular flexibility index (Phi) is 6.34. The number of benzene rings is 1. The van der Waals surface area contributed by atoms with Crippen LogP contribution in [0.4, 0.5) is 0 Å². The molecular weight excluding hydrogens is 268 g/mol. The third kappa shape index (κ3) is 4.90. The van der Waals surface area contributed by atoms with Crippen molar-refractivity contribution in [1.82, 2.24) is 0 Å². The van der Waals surface area contributed by atoms with E-state index in [1.54, 1.807) is 0 Å². The molecule has 0 unspecified atom stereocenters. The van der Waals surface area contributed by atoms with Gasteiger partial charge >= 0.3 is 0 Å². The van der Waals surface area contributed by atoms with Gasteiger partial charge in [-0.1, -0.05) is 47.8 Å². The van der Waals surface area contributed by atoms with E-state index in [0.717, 1.165) is 17.3 Å². The summed E-state index contributed by atoms with van der Waals surface area (Å²) in [7, 11) is 0. The lowest BCUT2D eigenvalue weighted by Crippen LogP contribution is -2.09. The van der Waals surface area contributed by atoms with Crippen LogP contribution in [0.2, 0.25) is 0 Å². The highest BCUT2D eigenvalue weighted by Crippen LogP contribution is 2.12. The molecule has 1 aromatic rings. The van der Waals surface area contributed by atoms with Crippen molar-refractivity contribution in [3.05, 3.63) is 34.3 Å². The number of hydrogen-bond donors (Lipinski definition) is 0. The molecule has 0 fully saturated rings. The molecule has 2 nitrogen and oxygen atoms in total. The average Bonchev–Trinajstić information content (AvgIpc) is 2.28. The molecule has 88 valence electrons. The molecule has 0 radical (unpaired) electrons. The minimum Gasteiger partial charge on any atom is -0.373 e. The van der Waals surface area contributed by atoms with Gasteiger partial charge in [0, 0.05) is 16.6 Å². The first-order chi connectivity index (χ1) is 7.74. The lowest BCUT2D eigenvalue weighted by Gasteiger charge is -2.03. The molecule has 0 aliphatic rings. The Balaban J connectivity index is 2.30. The lowest BCUT2D eigenvalue weighted by molar-refractivity contribution is 0.0753. The molecule has 0 N–H and O–H groups in total. The Morgan fingerprint density at radius 2 is 2.19 bits per heavy atom. The van der Waals surface area contributed by atoms with E-state index >= 15 is 0 Å². The van der Waals surface area contributed by atoms with E-state index in [1.165, 1.54) is 6.42 Å². The van der Waals surface area contributed by atoms with Crippen LogP contribution in [0, 0.1) is 0 Å². The molecule has 0 heterocycles. The summed E-state index contributed by atoms with van der Waals surface area (Å²) in [6.45, 7) is 3.00. The van der Waals surface area contributed by atoms with Crippen LogP contribution in [-0.2, 0) is 4.74 Å². The number of Topliss-reactive ketones (excluding diaryl/α,β-unsaturated/α-hetero) is 1. The van der Waals surface area contributed by atoms with Crippen LogP contribution < -0.4 is 0 Å². The summed E-state index contributed by atoms with van der Waals surface area (Å²) < 4.78 is 6.25. The van der Waals surface area contributed by atoms with Gasteiger partial charge in [-0.2, -0.15) is 0 Å². The predicted molar refractivity (Wildman–Crippen MR) is 68.8 cm³/mol.